The molecule has 1 aliphatic heterocycles. The highest BCUT2D eigenvalue weighted by atomic mass is 79.9. The number of benzene rings is 1. The molecule has 0 amide bonds. The lowest BCUT2D eigenvalue weighted by molar-refractivity contribution is -0.0447. The highest BCUT2D eigenvalue weighted by molar-refractivity contribution is 9.10. The molecule has 14 heavy (non-hydrogen) atoms. The van der Waals surface area contributed by atoms with Gasteiger partial charge < -0.3 is 9.47 Å². The van der Waals surface area contributed by atoms with Gasteiger partial charge in [0.05, 0.1) is 17.7 Å². The Kier molecular flexibility index (Phi) is 2.85. The van der Waals surface area contributed by atoms with Crippen LogP contribution in [0.1, 0.15) is 17.4 Å². The minimum Gasteiger partial charge on any atom is -0.346 e. The fourth-order valence-corrected chi connectivity index (χ4v) is 1.89. The Balaban J connectivity index is 2.38. The fourth-order valence-electron chi connectivity index (χ4n) is 1.46. The van der Waals surface area contributed by atoms with E-state index in [-0.39, 0.29) is 5.82 Å². The Morgan fingerprint density at radius 3 is 2.64 bits per heavy atom. The molecule has 1 aromatic rings. The SMILES string of the molecule is Cc1c(C2OCCO2)ccc(Br)c1F. The molecule has 0 saturated carbocycles. The number of rotatable bonds is 1. The van der Waals surface area contributed by atoms with E-state index in [0.717, 1.165) is 5.56 Å². The third-order valence-corrected chi connectivity index (χ3v) is 2.87. The van der Waals surface area contributed by atoms with Crippen molar-refractivity contribution in [2.75, 3.05) is 13.2 Å². The van der Waals surface area contributed by atoms with Crippen molar-refractivity contribution in [3.05, 3.63) is 33.5 Å². The molecule has 0 unspecified atom stereocenters. The summed E-state index contributed by atoms with van der Waals surface area (Å²) in [4.78, 5) is 0. The number of halogens is 2. The first kappa shape index (κ1) is 10.1. The van der Waals surface area contributed by atoms with Gasteiger partial charge in [0.15, 0.2) is 6.29 Å². The van der Waals surface area contributed by atoms with Crippen molar-refractivity contribution >= 4 is 15.9 Å². The molecule has 1 heterocycles. The summed E-state index contributed by atoms with van der Waals surface area (Å²) in [5.41, 5.74) is 1.34. The Bertz CT molecular complexity index is 348. The van der Waals surface area contributed by atoms with E-state index >= 15 is 0 Å². The van der Waals surface area contributed by atoms with Crippen molar-refractivity contribution in [1.29, 1.82) is 0 Å². The first-order valence-corrected chi connectivity index (χ1v) is 5.17. The zero-order chi connectivity index (χ0) is 10.1. The van der Waals surface area contributed by atoms with E-state index in [1.54, 1.807) is 13.0 Å². The third-order valence-electron chi connectivity index (χ3n) is 2.26. The highest BCUT2D eigenvalue weighted by Gasteiger charge is 2.22. The molecule has 0 N–H and O–H groups in total. The summed E-state index contributed by atoms with van der Waals surface area (Å²) in [6.07, 6.45) is -0.405. The summed E-state index contributed by atoms with van der Waals surface area (Å²) < 4.78 is 24.6. The zero-order valence-electron chi connectivity index (χ0n) is 7.72. The molecule has 0 aliphatic carbocycles. The Morgan fingerprint density at radius 1 is 1.36 bits per heavy atom. The lowest BCUT2D eigenvalue weighted by Crippen LogP contribution is -2.02. The Morgan fingerprint density at radius 2 is 2.00 bits per heavy atom. The zero-order valence-corrected chi connectivity index (χ0v) is 9.30. The van der Waals surface area contributed by atoms with Gasteiger partial charge in [-0.25, -0.2) is 4.39 Å². The molecule has 0 atom stereocenters. The van der Waals surface area contributed by atoms with E-state index in [4.69, 9.17) is 9.47 Å². The molecular formula is C10H10BrFO2. The molecule has 4 heteroatoms. The van der Waals surface area contributed by atoms with Crippen LogP contribution in [0.4, 0.5) is 4.39 Å². The highest BCUT2D eigenvalue weighted by Crippen LogP contribution is 2.30. The van der Waals surface area contributed by atoms with Crippen molar-refractivity contribution in [2.45, 2.75) is 13.2 Å². The van der Waals surface area contributed by atoms with E-state index in [9.17, 15) is 4.39 Å². The molecule has 0 bridgehead atoms. The predicted octanol–water partition coefficient (Wildman–Crippen LogP) is 2.94. The number of ether oxygens (including phenoxy) is 2. The van der Waals surface area contributed by atoms with Gasteiger partial charge in [0.1, 0.15) is 5.82 Å². The summed E-state index contributed by atoms with van der Waals surface area (Å²) in [5.74, 6) is -0.249. The van der Waals surface area contributed by atoms with Crippen LogP contribution in [0.2, 0.25) is 0 Å². The number of hydrogen-bond donors (Lipinski definition) is 0. The molecule has 1 aromatic carbocycles. The monoisotopic (exact) mass is 260 g/mol. The molecule has 2 nitrogen and oxygen atoms in total. The topological polar surface area (TPSA) is 18.5 Å². The van der Waals surface area contributed by atoms with E-state index in [2.05, 4.69) is 15.9 Å². The lowest BCUT2D eigenvalue weighted by atomic mass is 10.1. The van der Waals surface area contributed by atoms with Crippen LogP contribution in [0.15, 0.2) is 16.6 Å². The molecule has 0 spiro atoms. The van der Waals surface area contributed by atoms with Gasteiger partial charge in [0, 0.05) is 5.56 Å². The van der Waals surface area contributed by atoms with E-state index in [1.165, 1.54) is 0 Å². The minimum absolute atomic E-state index is 0.249. The van der Waals surface area contributed by atoms with Crippen LogP contribution in [0.25, 0.3) is 0 Å². The first-order chi connectivity index (χ1) is 6.70. The van der Waals surface area contributed by atoms with E-state index in [1.807, 2.05) is 6.07 Å². The molecule has 0 aromatic heterocycles. The molecular weight excluding hydrogens is 251 g/mol. The minimum atomic E-state index is -0.405. The van der Waals surface area contributed by atoms with Gasteiger partial charge in [-0.05, 0) is 34.5 Å². The summed E-state index contributed by atoms with van der Waals surface area (Å²) in [5, 5.41) is 0. The molecule has 1 saturated heterocycles. The van der Waals surface area contributed by atoms with Crippen LogP contribution in [0.5, 0.6) is 0 Å². The van der Waals surface area contributed by atoms with Crippen LogP contribution in [0, 0.1) is 12.7 Å². The molecule has 2 rings (SSSR count). The second-order valence-electron chi connectivity index (χ2n) is 3.15. The normalized spacial score (nSPS) is 17.6. The second-order valence-corrected chi connectivity index (χ2v) is 4.00. The van der Waals surface area contributed by atoms with Gasteiger partial charge in [-0.2, -0.15) is 0 Å². The Hall–Kier alpha value is -0.450. The van der Waals surface area contributed by atoms with Gasteiger partial charge in [0.2, 0.25) is 0 Å². The van der Waals surface area contributed by atoms with Gasteiger partial charge in [-0.3, -0.25) is 0 Å². The summed E-state index contributed by atoms with van der Waals surface area (Å²) >= 11 is 3.13. The smallest absolute Gasteiger partial charge is 0.184 e. The van der Waals surface area contributed by atoms with Crippen LogP contribution in [-0.4, -0.2) is 13.2 Å². The van der Waals surface area contributed by atoms with E-state index < -0.39 is 6.29 Å². The van der Waals surface area contributed by atoms with Gasteiger partial charge in [-0.1, -0.05) is 6.07 Å². The maximum Gasteiger partial charge on any atom is 0.184 e. The predicted molar refractivity (Wildman–Crippen MR) is 53.5 cm³/mol. The van der Waals surface area contributed by atoms with E-state index in [0.29, 0.717) is 23.2 Å². The summed E-state index contributed by atoms with van der Waals surface area (Å²) in [7, 11) is 0. The summed E-state index contributed by atoms with van der Waals surface area (Å²) in [6, 6.07) is 3.49. The molecule has 1 aliphatic rings. The van der Waals surface area contributed by atoms with Gasteiger partial charge in [-0.15, -0.1) is 0 Å². The lowest BCUT2D eigenvalue weighted by Gasteiger charge is -2.13. The first-order valence-electron chi connectivity index (χ1n) is 4.38. The largest absolute Gasteiger partial charge is 0.346 e. The average Bonchev–Trinajstić information content (AvgIpc) is 2.67. The molecule has 1 fully saturated rings. The van der Waals surface area contributed by atoms with Crippen molar-refractivity contribution in [3.63, 3.8) is 0 Å². The summed E-state index contributed by atoms with van der Waals surface area (Å²) in [6.45, 7) is 2.87. The van der Waals surface area contributed by atoms with Crippen LogP contribution in [0.3, 0.4) is 0 Å². The van der Waals surface area contributed by atoms with Crippen LogP contribution >= 0.6 is 15.9 Å². The van der Waals surface area contributed by atoms with Crippen LogP contribution < -0.4 is 0 Å². The quantitative estimate of drug-likeness (QED) is 0.773. The maximum atomic E-state index is 13.5. The Labute approximate surface area is 90.1 Å². The maximum absolute atomic E-state index is 13.5. The van der Waals surface area contributed by atoms with Crippen LogP contribution in [-0.2, 0) is 9.47 Å². The van der Waals surface area contributed by atoms with Crippen molar-refractivity contribution in [2.24, 2.45) is 0 Å². The average molecular weight is 261 g/mol. The molecule has 0 radical (unpaired) electrons. The molecule has 76 valence electrons. The standard InChI is InChI=1S/C10H10BrFO2/c1-6-7(10-13-4-5-14-10)2-3-8(11)9(6)12/h2-3,10H,4-5H2,1H3. The van der Waals surface area contributed by atoms with Gasteiger partial charge in [0.25, 0.3) is 0 Å². The second kappa shape index (κ2) is 3.96. The van der Waals surface area contributed by atoms with Crippen molar-refractivity contribution < 1.29 is 13.9 Å². The number of hydrogen-bond acceptors (Lipinski definition) is 2. The van der Waals surface area contributed by atoms with Crippen molar-refractivity contribution in [1.82, 2.24) is 0 Å². The third kappa shape index (κ3) is 1.69. The van der Waals surface area contributed by atoms with Gasteiger partial charge >= 0.3 is 0 Å². The fraction of sp³-hybridized carbons (Fsp3) is 0.400. The van der Waals surface area contributed by atoms with Crippen molar-refractivity contribution in [3.8, 4) is 0 Å².